The van der Waals surface area contributed by atoms with E-state index in [4.69, 9.17) is 11.6 Å². The molecule has 0 spiro atoms. The molecular formula is C15H15ClN2O2. The van der Waals surface area contributed by atoms with Gasteiger partial charge in [0.05, 0.1) is 9.95 Å². The number of aryl methyl sites for hydroxylation is 1. The van der Waals surface area contributed by atoms with Gasteiger partial charge in [-0.05, 0) is 30.5 Å². The number of nitrogens with one attached hydrogen (secondary N) is 1. The lowest BCUT2D eigenvalue weighted by Gasteiger charge is -2.10. The van der Waals surface area contributed by atoms with E-state index < -0.39 is 4.92 Å². The average Bonchev–Trinajstić information content (AvgIpc) is 2.42. The molecule has 0 bridgehead atoms. The molecule has 0 unspecified atom stereocenters. The number of nitrogens with zero attached hydrogens (tertiary/aromatic N) is 1. The van der Waals surface area contributed by atoms with Crippen LogP contribution in [0, 0.1) is 17.0 Å². The molecule has 0 radical (unpaired) electrons. The molecule has 2 aromatic carbocycles. The maximum Gasteiger partial charge on any atom is 0.293 e. The Morgan fingerprint density at radius 1 is 1.20 bits per heavy atom. The van der Waals surface area contributed by atoms with Crippen LogP contribution in [0.5, 0.6) is 0 Å². The number of anilines is 1. The number of hydrogen-bond donors (Lipinski definition) is 1. The van der Waals surface area contributed by atoms with Crippen LogP contribution >= 0.6 is 11.6 Å². The molecule has 4 nitrogen and oxygen atoms in total. The molecule has 0 aliphatic carbocycles. The summed E-state index contributed by atoms with van der Waals surface area (Å²) in [5.74, 6) is 0. The van der Waals surface area contributed by atoms with Gasteiger partial charge in [0.1, 0.15) is 5.69 Å². The van der Waals surface area contributed by atoms with Gasteiger partial charge in [-0.3, -0.25) is 10.1 Å². The molecule has 0 saturated carbocycles. The van der Waals surface area contributed by atoms with E-state index in [0.717, 1.165) is 6.42 Å². The summed E-state index contributed by atoms with van der Waals surface area (Å²) >= 11 is 6.02. The fourth-order valence-corrected chi connectivity index (χ4v) is 2.29. The third-order valence-corrected chi connectivity index (χ3v) is 3.46. The number of halogens is 1. The molecule has 20 heavy (non-hydrogen) atoms. The minimum atomic E-state index is -0.429. The molecule has 5 heteroatoms. The molecule has 104 valence electrons. The first-order chi connectivity index (χ1) is 9.59. The Hall–Kier alpha value is -2.07. The van der Waals surface area contributed by atoms with E-state index >= 15 is 0 Å². The van der Waals surface area contributed by atoms with Crippen molar-refractivity contribution in [3.05, 3.63) is 68.7 Å². The van der Waals surface area contributed by atoms with E-state index in [1.165, 1.54) is 17.2 Å². The van der Waals surface area contributed by atoms with Crippen LogP contribution < -0.4 is 5.32 Å². The third-order valence-electron chi connectivity index (χ3n) is 3.15. The highest BCUT2D eigenvalue weighted by molar-refractivity contribution is 6.33. The Bertz CT molecular complexity index is 629. The second-order valence-electron chi connectivity index (χ2n) is 4.49. The SMILES string of the molecule is Cc1ccccc1CCNc1c(Cl)cccc1[N+](=O)[O-]. The van der Waals surface area contributed by atoms with Gasteiger partial charge in [-0.1, -0.05) is 41.9 Å². The molecule has 0 aromatic heterocycles. The van der Waals surface area contributed by atoms with Crippen LogP contribution in [-0.2, 0) is 6.42 Å². The predicted octanol–water partition coefficient (Wildman–Crippen LogP) is 4.21. The molecule has 1 N–H and O–H groups in total. The highest BCUT2D eigenvalue weighted by atomic mass is 35.5. The minimum absolute atomic E-state index is 0.00211. The summed E-state index contributed by atoms with van der Waals surface area (Å²) in [4.78, 5) is 10.5. The van der Waals surface area contributed by atoms with Crippen LogP contribution in [0.3, 0.4) is 0 Å². The molecule has 0 amide bonds. The first-order valence-electron chi connectivity index (χ1n) is 6.31. The Morgan fingerprint density at radius 3 is 2.65 bits per heavy atom. The van der Waals surface area contributed by atoms with Crippen LogP contribution in [0.15, 0.2) is 42.5 Å². The topological polar surface area (TPSA) is 55.2 Å². The van der Waals surface area contributed by atoms with E-state index in [1.54, 1.807) is 12.1 Å². The van der Waals surface area contributed by atoms with Crippen LogP contribution in [0.1, 0.15) is 11.1 Å². The largest absolute Gasteiger partial charge is 0.378 e. The zero-order valence-electron chi connectivity index (χ0n) is 11.1. The predicted molar refractivity (Wildman–Crippen MR) is 81.5 cm³/mol. The summed E-state index contributed by atoms with van der Waals surface area (Å²) in [6.45, 7) is 2.64. The average molecular weight is 291 g/mol. The van der Waals surface area contributed by atoms with Crippen molar-refractivity contribution in [2.24, 2.45) is 0 Å². The number of nitro groups is 1. The third kappa shape index (κ3) is 3.27. The van der Waals surface area contributed by atoms with Crippen molar-refractivity contribution in [1.82, 2.24) is 0 Å². The zero-order valence-corrected chi connectivity index (χ0v) is 11.9. The fraction of sp³-hybridized carbons (Fsp3) is 0.200. The summed E-state index contributed by atoms with van der Waals surface area (Å²) in [7, 11) is 0. The highest BCUT2D eigenvalue weighted by Gasteiger charge is 2.15. The van der Waals surface area contributed by atoms with Crippen LogP contribution in [0.25, 0.3) is 0 Å². The van der Waals surface area contributed by atoms with E-state index in [0.29, 0.717) is 17.3 Å². The van der Waals surface area contributed by atoms with Crippen molar-refractivity contribution < 1.29 is 4.92 Å². The maximum atomic E-state index is 11.0. The van der Waals surface area contributed by atoms with Crippen LogP contribution in [0.4, 0.5) is 11.4 Å². The van der Waals surface area contributed by atoms with Crippen molar-refractivity contribution in [3.8, 4) is 0 Å². The van der Waals surface area contributed by atoms with E-state index in [2.05, 4.69) is 11.4 Å². The molecule has 2 aromatic rings. The Morgan fingerprint density at radius 2 is 1.95 bits per heavy atom. The monoisotopic (exact) mass is 290 g/mol. The number of benzene rings is 2. The number of para-hydroxylation sites is 1. The molecule has 0 atom stereocenters. The van der Waals surface area contributed by atoms with Gasteiger partial charge in [-0.25, -0.2) is 0 Å². The van der Waals surface area contributed by atoms with Gasteiger partial charge >= 0.3 is 0 Å². The fourth-order valence-electron chi connectivity index (χ4n) is 2.05. The van der Waals surface area contributed by atoms with Gasteiger partial charge < -0.3 is 5.32 Å². The van der Waals surface area contributed by atoms with Crippen molar-refractivity contribution in [1.29, 1.82) is 0 Å². The van der Waals surface area contributed by atoms with Crippen molar-refractivity contribution >= 4 is 23.0 Å². The van der Waals surface area contributed by atoms with E-state index in [9.17, 15) is 10.1 Å². The second kappa shape index (κ2) is 6.39. The van der Waals surface area contributed by atoms with Crippen molar-refractivity contribution in [2.45, 2.75) is 13.3 Å². The summed E-state index contributed by atoms with van der Waals surface area (Å²) in [5.41, 5.74) is 2.81. The molecule has 2 rings (SSSR count). The highest BCUT2D eigenvalue weighted by Crippen LogP contribution is 2.31. The number of hydrogen-bond acceptors (Lipinski definition) is 3. The van der Waals surface area contributed by atoms with Gasteiger partial charge in [-0.2, -0.15) is 0 Å². The molecule has 0 saturated heterocycles. The van der Waals surface area contributed by atoms with Gasteiger partial charge in [0.2, 0.25) is 0 Å². The van der Waals surface area contributed by atoms with Crippen LogP contribution in [-0.4, -0.2) is 11.5 Å². The molecular weight excluding hydrogens is 276 g/mol. The summed E-state index contributed by atoms with van der Waals surface area (Å²) in [6, 6.07) is 12.7. The minimum Gasteiger partial charge on any atom is -0.378 e. The standard InChI is InChI=1S/C15H15ClN2O2/c1-11-5-2-3-6-12(11)9-10-17-15-13(16)7-4-8-14(15)18(19)20/h2-8,17H,9-10H2,1H3. The van der Waals surface area contributed by atoms with Gasteiger partial charge in [0.25, 0.3) is 5.69 Å². The lowest BCUT2D eigenvalue weighted by Crippen LogP contribution is -2.08. The van der Waals surface area contributed by atoms with E-state index in [-0.39, 0.29) is 5.69 Å². The quantitative estimate of drug-likeness (QED) is 0.663. The number of nitro benzene ring substituents is 1. The smallest absolute Gasteiger partial charge is 0.293 e. The second-order valence-corrected chi connectivity index (χ2v) is 4.90. The van der Waals surface area contributed by atoms with Crippen molar-refractivity contribution in [2.75, 3.05) is 11.9 Å². The van der Waals surface area contributed by atoms with Crippen LogP contribution in [0.2, 0.25) is 5.02 Å². The van der Waals surface area contributed by atoms with E-state index in [1.807, 2.05) is 25.1 Å². The Kier molecular flexibility index (Phi) is 4.58. The van der Waals surface area contributed by atoms with Gasteiger partial charge in [0, 0.05) is 12.6 Å². The normalized spacial score (nSPS) is 10.3. The summed E-state index contributed by atoms with van der Waals surface area (Å²) < 4.78 is 0. The lowest BCUT2D eigenvalue weighted by molar-refractivity contribution is -0.383. The van der Waals surface area contributed by atoms with Crippen molar-refractivity contribution in [3.63, 3.8) is 0 Å². The lowest BCUT2D eigenvalue weighted by atomic mass is 10.1. The number of rotatable bonds is 5. The zero-order chi connectivity index (χ0) is 14.5. The van der Waals surface area contributed by atoms with Gasteiger partial charge in [0.15, 0.2) is 0 Å². The molecule has 0 fully saturated rings. The summed E-state index contributed by atoms with van der Waals surface area (Å²) in [5, 5.41) is 14.4. The Balaban J connectivity index is 2.08. The molecule has 0 heterocycles. The molecule has 0 aliphatic rings. The first kappa shape index (κ1) is 14.3. The summed E-state index contributed by atoms with van der Waals surface area (Å²) in [6.07, 6.45) is 0.787. The van der Waals surface area contributed by atoms with Gasteiger partial charge in [-0.15, -0.1) is 0 Å². The first-order valence-corrected chi connectivity index (χ1v) is 6.68. The Labute approximate surface area is 122 Å². The molecule has 0 aliphatic heterocycles. The maximum absolute atomic E-state index is 11.0.